The fourth-order valence-electron chi connectivity index (χ4n) is 1.38. The predicted molar refractivity (Wildman–Crippen MR) is 56.2 cm³/mol. The molecule has 0 saturated carbocycles. The zero-order valence-electron chi connectivity index (χ0n) is 8.13. The van der Waals surface area contributed by atoms with Gasteiger partial charge in [-0.3, -0.25) is 0 Å². The van der Waals surface area contributed by atoms with E-state index in [1.54, 1.807) is 0 Å². The van der Waals surface area contributed by atoms with Gasteiger partial charge < -0.3 is 9.47 Å². The summed E-state index contributed by atoms with van der Waals surface area (Å²) < 4.78 is 11.2. The molecule has 3 heteroatoms. The maximum atomic E-state index is 5.74. The van der Waals surface area contributed by atoms with Crippen molar-refractivity contribution in [3.8, 4) is 11.5 Å². The summed E-state index contributed by atoms with van der Waals surface area (Å²) in [6.07, 6.45) is 0. The lowest BCUT2D eigenvalue weighted by atomic mass is 10.2. The van der Waals surface area contributed by atoms with Gasteiger partial charge in [0, 0.05) is 11.8 Å². The molecular formula is C11H13ClO2. The van der Waals surface area contributed by atoms with E-state index >= 15 is 0 Å². The Bertz CT molecular complexity index is 325. The second kappa shape index (κ2) is 4.09. The van der Waals surface area contributed by atoms with Gasteiger partial charge in [0.15, 0.2) is 11.5 Å². The quantitative estimate of drug-likeness (QED) is 0.667. The molecule has 2 nitrogen and oxygen atoms in total. The largest absolute Gasteiger partial charge is 0.489 e. The van der Waals surface area contributed by atoms with Gasteiger partial charge >= 0.3 is 0 Å². The number of halogens is 1. The fraction of sp³-hybridized carbons (Fsp3) is 0.455. The van der Waals surface area contributed by atoms with Gasteiger partial charge in [-0.05, 0) is 17.7 Å². The van der Waals surface area contributed by atoms with Crippen molar-refractivity contribution in [1.29, 1.82) is 0 Å². The third-order valence-corrected chi connectivity index (χ3v) is 2.52. The van der Waals surface area contributed by atoms with Crippen molar-refractivity contribution < 1.29 is 9.47 Å². The number of fused-ring (bicyclic) bond motifs is 1. The van der Waals surface area contributed by atoms with Gasteiger partial charge in [-0.15, -0.1) is 11.6 Å². The first-order chi connectivity index (χ1) is 6.79. The molecule has 0 amide bonds. The minimum Gasteiger partial charge on any atom is -0.489 e. The molecule has 1 aromatic carbocycles. The summed E-state index contributed by atoms with van der Waals surface area (Å²) in [6, 6.07) is 5.83. The molecule has 0 N–H and O–H groups in total. The third kappa shape index (κ3) is 1.95. The normalized spacial score (nSPS) is 20.3. The van der Waals surface area contributed by atoms with Crippen LogP contribution >= 0.6 is 11.6 Å². The molecule has 1 unspecified atom stereocenters. The molecule has 1 heterocycles. The van der Waals surface area contributed by atoms with Crippen LogP contribution in [0.15, 0.2) is 18.2 Å². The molecule has 14 heavy (non-hydrogen) atoms. The molecule has 2 rings (SSSR count). The highest BCUT2D eigenvalue weighted by Crippen LogP contribution is 2.31. The zero-order valence-corrected chi connectivity index (χ0v) is 8.88. The molecule has 1 aliphatic rings. The van der Waals surface area contributed by atoms with Gasteiger partial charge in [0.2, 0.25) is 0 Å². The Kier molecular flexibility index (Phi) is 2.82. The van der Waals surface area contributed by atoms with Crippen molar-refractivity contribution in [3.63, 3.8) is 0 Å². The van der Waals surface area contributed by atoms with E-state index in [1.807, 2.05) is 18.2 Å². The number of ether oxygens (including phenoxy) is 2. The smallest absolute Gasteiger partial charge is 0.161 e. The summed E-state index contributed by atoms with van der Waals surface area (Å²) in [4.78, 5) is 0. The number of rotatable bonds is 1. The number of hydrogen-bond acceptors (Lipinski definition) is 2. The Morgan fingerprint density at radius 2 is 2.00 bits per heavy atom. The van der Waals surface area contributed by atoms with E-state index in [0.29, 0.717) is 25.0 Å². The van der Waals surface area contributed by atoms with Crippen LogP contribution in [0.5, 0.6) is 11.5 Å². The molecule has 1 aliphatic heterocycles. The molecule has 0 radical (unpaired) electrons. The van der Waals surface area contributed by atoms with Crippen molar-refractivity contribution in [2.24, 2.45) is 5.92 Å². The van der Waals surface area contributed by atoms with Crippen LogP contribution < -0.4 is 9.47 Å². The predicted octanol–water partition coefficient (Wildman–Crippen LogP) is 2.83. The van der Waals surface area contributed by atoms with Gasteiger partial charge in [0.05, 0.1) is 13.2 Å². The first-order valence-electron chi connectivity index (χ1n) is 4.74. The fourth-order valence-corrected chi connectivity index (χ4v) is 1.55. The molecule has 0 aliphatic carbocycles. The molecule has 1 atom stereocenters. The third-order valence-electron chi connectivity index (χ3n) is 2.21. The SMILES string of the molecule is CC1COc2ccc(CCl)cc2OC1. The summed E-state index contributed by atoms with van der Waals surface area (Å²) in [5, 5.41) is 0. The van der Waals surface area contributed by atoms with Crippen LogP contribution in [0.25, 0.3) is 0 Å². The van der Waals surface area contributed by atoms with Gasteiger partial charge in [-0.2, -0.15) is 0 Å². The molecule has 0 aromatic heterocycles. The highest BCUT2D eigenvalue weighted by Gasteiger charge is 2.14. The van der Waals surface area contributed by atoms with Crippen molar-refractivity contribution in [1.82, 2.24) is 0 Å². The van der Waals surface area contributed by atoms with Crippen LogP contribution in [0.2, 0.25) is 0 Å². The van der Waals surface area contributed by atoms with Gasteiger partial charge in [-0.1, -0.05) is 13.0 Å². The average Bonchev–Trinajstić information content (AvgIpc) is 2.40. The number of benzene rings is 1. The maximum Gasteiger partial charge on any atom is 0.161 e. The minimum absolute atomic E-state index is 0.432. The van der Waals surface area contributed by atoms with Crippen molar-refractivity contribution in [2.75, 3.05) is 13.2 Å². The molecule has 0 fully saturated rings. The number of hydrogen-bond donors (Lipinski definition) is 0. The van der Waals surface area contributed by atoms with E-state index in [9.17, 15) is 0 Å². The standard InChI is InChI=1S/C11H13ClO2/c1-8-6-13-10-3-2-9(5-12)4-11(10)14-7-8/h2-4,8H,5-7H2,1H3. The Hall–Kier alpha value is -0.890. The van der Waals surface area contributed by atoms with Crippen LogP contribution in [0.3, 0.4) is 0 Å². The van der Waals surface area contributed by atoms with Crippen LogP contribution in [0.4, 0.5) is 0 Å². The van der Waals surface area contributed by atoms with Gasteiger partial charge in [-0.25, -0.2) is 0 Å². The summed E-state index contributed by atoms with van der Waals surface area (Å²) in [6.45, 7) is 3.53. The first-order valence-corrected chi connectivity index (χ1v) is 5.27. The van der Waals surface area contributed by atoms with Crippen molar-refractivity contribution >= 4 is 11.6 Å². The monoisotopic (exact) mass is 212 g/mol. The molecule has 0 saturated heterocycles. The Labute approximate surface area is 88.8 Å². The van der Waals surface area contributed by atoms with E-state index in [2.05, 4.69) is 6.92 Å². The van der Waals surface area contributed by atoms with Crippen LogP contribution in [-0.4, -0.2) is 13.2 Å². The number of alkyl halides is 1. The maximum absolute atomic E-state index is 5.74. The highest BCUT2D eigenvalue weighted by molar-refractivity contribution is 6.17. The topological polar surface area (TPSA) is 18.5 Å². The average molecular weight is 213 g/mol. The second-order valence-corrected chi connectivity index (χ2v) is 3.91. The van der Waals surface area contributed by atoms with Crippen molar-refractivity contribution in [3.05, 3.63) is 23.8 Å². The second-order valence-electron chi connectivity index (χ2n) is 3.64. The highest BCUT2D eigenvalue weighted by atomic mass is 35.5. The molecule has 0 bridgehead atoms. The lowest BCUT2D eigenvalue weighted by molar-refractivity contribution is 0.228. The van der Waals surface area contributed by atoms with Crippen LogP contribution in [-0.2, 0) is 5.88 Å². The molecule has 0 spiro atoms. The summed E-state index contributed by atoms with van der Waals surface area (Å²) in [5.41, 5.74) is 1.06. The minimum atomic E-state index is 0.432. The van der Waals surface area contributed by atoms with E-state index in [4.69, 9.17) is 21.1 Å². The summed E-state index contributed by atoms with van der Waals surface area (Å²) >= 11 is 5.74. The van der Waals surface area contributed by atoms with E-state index in [-0.39, 0.29) is 0 Å². The zero-order chi connectivity index (χ0) is 9.97. The van der Waals surface area contributed by atoms with E-state index in [0.717, 1.165) is 17.1 Å². The van der Waals surface area contributed by atoms with E-state index in [1.165, 1.54) is 0 Å². The van der Waals surface area contributed by atoms with Crippen LogP contribution in [0, 0.1) is 5.92 Å². The Morgan fingerprint density at radius 3 is 2.71 bits per heavy atom. The summed E-state index contributed by atoms with van der Waals surface area (Å²) in [5.74, 6) is 2.57. The summed E-state index contributed by atoms with van der Waals surface area (Å²) in [7, 11) is 0. The van der Waals surface area contributed by atoms with E-state index < -0.39 is 0 Å². The lowest BCUT2D eigenvalue weighted by Crippen LogP contribution is -2.12. The Morgan fingerprint density at radius 1 is 1.29 bits per heavy atom. The Balaban J connectivity index is 2.27. The van der Waals surface area contributed by atoms with Crippen molar-refractivity contribution in [2.45, 2.75) is 12.8 Å². The molecular weight excluding hydrogens is 200 g/mol. The molecule has 1 aromatic rings. The lowest BCUT2D eigenvalue weighted by Gasteiger charge is -2.07. The van der Waals surface area contributed by atoms with Gasteiger partial charge in [0.1, 0.15) is 0 Å². The van der Waals surface area contributed by atoms with Crippen LogP contribution in [0.1, 0.15) is 12.5 Å². The first kappa shape index (κ1) is 9.66. The van der Waals surface area contributed by atoms with Gasteiger partial charge in [0.25, 0.3) is 0 Å². The molecule has 76 valence electrons.